The van der Waals surface area contributed by atoms with Gasteiger partial charge in [-0.2, -0.15) is 5.26 Å². The number of amides is 5. The summed E-state index contributed by atoms with van der Waals surface area (Å²) in [6.07, 6.45) is 1.44. The van der Waals surface area contributed by atoms with Gasteiger partial charge in [-0.1, -0.05) is 57.2 Å². The standard InChI is InChI=1S/C46H56N10O7/c1-26-34(25-51-40(52-26)29-9-12-31(13-10-29)46(3,4)5)42(58)54-35(16-17-47)45(61)56(6)39-30-11-15-37(62-7)33(24-30)32-22-28(8-14-38(32)63-21-19-49)23-36(43(59)50-20-18-48)55-41(57)27(2)53-44(39)60/h8-15,22,24-25,27,35-36,39H,16-17,19-21,23,47,49H2,1-7H3,(H,50,59)(H,53,60)(H,54,58)(H,55,57)/t27?,35-,36-,39-/m0/s1. The van der Waals surface area contributed by atoms with E-state index in [1.54, 1.807) is 43.3 Å². The zero-order valence-electron chi connectivity index (χ0n) is 36.7. The molecule has 332 valence electrons. The first kappa shape index (κ1) is 47.2. The highest BCUT2D eigenvalue weighted by Gasteiger charge is 2.36. The highest BCUT2D eigenvalue weighted by molar-refractivity contribution is 6.00. The number of nitrogens with one attached hydrogen (secondary N) is 4. The van der Waals surface area contributed by atoms with Crippen LogP contribution >= 0.6 is 0 Å². The summed E-state index contributed by atoms with van der Waals surface area (Å²) >= 11 is 0. The maximum Gasteiger partial charge on any atom is 0.255 e. The van der Waals surface area contributed by atoms with Gasteiger partial charge in [-0.25, -0.2) is 9.97 Å². The molecule has 4 aromatic rings. The largest absolute Gasteiger partial charge is 0.496 e. The minimum atomic E-state index is -1.38. The van der Waals surface area contributed by atoms with Crippen molar-refractivity contribution in [2.24, 2.45) is 11.5 Å². The molecule has 0 radical (unpaired) electrons. The number of rotatable bonds is 13. The highest BCUT2D eigenvalue weighted by atomic mass is 16.5. The summed E-state index contributed by atoms with van der Waals surface area (Å²) in [6.45, 7) is 9.59. The topological polar surface area (TPSA) is 257 Å². The Morgan fingerprint density at radius 2 is 1.68 bits per heavy atom. The molecular weight excluding hydrogens is 805 g/mol. The summed E-state index contributed by atoms with van der Waals surface area (Å²) in [7, 11) is 2.90. The molecule has 0 spiro atoms. The zero-order valence-corrected chi connectivity index (χ0v) is 36.7. The predicted molar refractivity (Wildman–Crippen MR) is 236 cm³/mol. The van der Waals surface area contributed by atoms with Gasteiger partial charge in [-0.3, -0.25) is 24.0 Å². The second-order valence-corrected chi connectivity index (χ2v) is 16.3. The molecule has 4 atom stereocenters. The summed E-state index contributed by atoms with van der Waals surface area (Å²) in [6, 6.07) is 15.0. The summed E-state index contributed by atoms with van der Waals surface area (Å²) in [4.78, 5) is 80.1. The smallest absolute Gasteiger partial charge is 0.255 e. The van der Waals surface area contributed by atoms with Gasteiger partial charge in [-0.15, -0.1) is 0 Å². The van der Waals surface area contributed by atoms with E-state index in [2.05, 4.69) is 52.0 Å². The van der Waals surface area contributed by atoms with Crippen molar-refractivity contribution in [1.29, 1.82) is 5.26 Å². The molecular formula is C46H56N10O7. The van der Waals surface area contributed by atoms with Crippen molar-refractivity contribution in [2.75, 3.05) is 40.4 Å². The fourth-order valence-corrected chi connectivity index (χ4v) is 7.20. The van der Waals surface area contributed by atoms with Crippen molar-refractivity contribution in [2.45, 2.75) is 77.0 Å². The van der Waals surface area contributed by atoms with Gasteiger partial charge >= 0.3 is 0 Å². The zero-order chi connectivity index (χ0) is 46.0. The van der Waals surface area contributed by atoms with E-state index in [4.69, 9.17) is 26.2 Å². The number of likely N-dealkylation sites (N-methyl/N-ethyl adjacent to an activating group) is 1. The Bertz CT molecular complexity index is 2370. The molecule has 1 aliphatic heterocycles. The number of nitriles is 1. The maximum absolute atomic E-state index is 14.6. The fourth-order valence-electron chi connectivity index (χ4n) is 7.20. The van der Waals surface area contributed by atoms with E-state index in [1.165, 1.54) is 32.2 Å². The summed E-state index contributed by atoms with van der Waals surface area (Å²) in [5.41, 5.74) is 16.2. The van der Waals surface area contributed by atoms with Crippen molar-refractivity contribution in [1.82, 2.24) is 36.1 Å². The molecule has 17 heteroatoms. The SMILES string of the molecule is COc1ccc2cc1-c1cc(ccc1OCCN)C[C@@H](C(=O)NCC#N)NC(=O)C(C)NC(=O)[C@H]2N(C)C(=O)[C@H](CCN)NC(=O)c1cnc(-c2ccc(C(C)(C)C)cc2)nc1C. The van der Waals surface area contributed by atoms with E-state index in [-0.39, 0.29) is 50.1 Å². The molecule has 0 aliphatic carbocycles. The van der Waals surface area contributed by atoms with Crippen LogP contribution in [0.25, 0.3) is 22.5 Å². The molecule has 8 N–H and O–H groups in total. The lowest BCUT2D eigenvalue weighted by Gasteiger charge is -2.32. The Morgan fingerprint density at radius 3 is 2.32 bits per heavy atom. The number of hydrogen-bond acceptors (Lipinski definition) is 12. The summed E-state index contributed by atoms with van der Waals surface area (Å²) in [5.74, 6) is -2.07. The van der Waals surface area contributed by atoms with Gasteiger partial charge in [0.25, 0.3) is 5.91 Å². The van der Waals surface area contributed by atoms with Crippen LogP contribution in [0.5, 0.6) is 11.5 Å². The van der Waals surface area contributed by atoms with Crippen molar-refractivity contribution < 1.29 is 33.4 Å². The molecule has 1 aliphatic rings. The molecule has 1 unspecified atom stereocenters. The summed E-state index contributed by atoms with van der Waals surface area (Å²) in [5, 5.41) is 19.8. The molecule has 5 amide bonds. The normalized spacial score (nSPS) is 16.9. The van der Waals surface area contributed by atoms with E-state index in [0.717, 1.165) is 11.1 Å². The van der Waals surface area contributed by atoms with Gasteiger partial charge in [0.1, 0.15) is 48.8 Å². The van der Waals surface area contributed by atoms with Gasteiger partial charge in [0.15, 0.2) is 5.82 Å². The van der Waals surface area contributed by atoms with Crippen LogP contribution in [0.3, 0.4) is 0 Å². The van der Waals surface area contributed by atoms with Crippen molar-refractivity contribution in [3.63, 3.8) is 0 Å². The number of aryl methyl sites for hydroxylation is 1. The van der Waals surface area contributed by atoms with Crippen LogP contribution in [0, 0.1) is 18.3 Å². The average Bonchev–Trinajstić information content (AvgIpc) is 3.26. The second-order valence-electron chi connectivity index (χ2n) is 16.3. The Balaban J connectivity index is 1.53. The van der Waals surface area contributed by atoms with Crippen LogP contribution in [-0.4, -0.2) is 103 Å². The van der Waals surface area contributed by atoms with E-state index in [0.29, 0.717) is 45.3 Å². The minimum absolute atomic E-state index is 0.00921. The van der Waals surface area contributed by atoms with Crippen LogP contribution < -0.4 is 42.2 Å². The van der Waals surface area contributed by atoms with Crippen LogP contribution in [0.2, 0.25) is 0 Å². The van der Waals surface area contributed by atoms with Crippen LogP contribution in [-0.2, 0) is 31.0 Å². The quantitative estimate of drug-likeness (QED) is 0.106. The highest BCUT2D eigenvalue weighted by Crippen LogP contribution is 2.40. The first-order valence-corrected chi connectivity index (χ1v) is 20.6. The molecule has 0 saturated carbocycles. The number of methoxy groups -OCH3 is 1. The van der Waals surface area contributed by atoms with Crippen molar-refractivity contribution >= 4 is 29.5 Å². The van der Waals surface area contributed by atoms with E-state index >= 15 is 0 Å². The number of nitrogens with zero attached hydrogens (tertiary/aromatic N) is 4. The number of benzene rings is 3. The van der Waals surface area contributed by atoms with Crippen molar-refractivity contribution in [3.8, 4) is 40.1 Å². The average molecular weight is 861 g/mol. The van der Waals surface area contributed by atoms with E-state index < -0.39 is 53.7 Å². The molecule has 2 heterocycles. The minimum Gasteiger partial charge on any atom is -0.496 e. The molecule has 5 rings (SSSR count). The van der Waals surface area contributed by atoms with Gasteiger partial charge in [0.05, 0.1) is 24.4 Å². The summed E-state index contributed by atoms with van der Waals surface area (Å²) < 4.78 is 11.8. The third kappa shape index (κ3) is 11.3. The molecule has 0 saturated heterocycles. The molecule has 63 heavy (non-hydrogen) atoms. The Labute approximate surface area is 367 Å². The Morgan fingerprint density at radius 1 is 0.984 bits per heavy atom. The monoisotopic (exact) mass is 860 g/mol. The maximum atomic E-state index is 14.6. The number of hydrogen-bond donors (Lipinski definition) is 6. The third-order valence-corrected chi connectivity index (χ3v) is 10.7. The van der Waals surface area contributed by atoms with Crippen LogP contribution in [0.1, 0.15) is 72.9 Å². The molecule has 0 fully saturated rings. The van der Waals surface area contributed by atoms with Gasteiger partial charge in [-0.05, 0) is 73.2 Å². The van der Waals surface area contributed by atoms with Gasteiger partial charge in [0.2, 0.25) is 23.6 Å². The number of nitrogens with two attached hydrogens (primary N) is 2. The Hall–Kier alpha value is -6.90. The van der Waals surface area contributed by atoms with Gasteiger partial charge < -0.3 is 47.1 Å². The lowest BCUT2D eigenvalue weighted by molar-refractivity contribution is -0.141. The molecule has 3 aromatic carbocycles. The number of ether oxygens (including phenoxy) is 2. The first-order chi connectivity index (χ1) is 30.0. The lowest BCUT2D eigenvalue weighted by atomic mass is 9.87. The van der Waals surface area contributed by atoms with E-state index in [9.17, 15) is 24.0 Å². The fraction of sp³-hybridized carbons (Fsp3) is 0.391. The Kier molecular flexibility index (Phi) is 15.6. The lowest BCUT2D eigenvalue weighted by Crippen LogP contribution is -2.56. The third-order valence-electron chi connectivity index (χ3n) is 10.7. The van der Waals surface area contributed by atoms with Crippen molar-refractivity contribution in [3.05, 3.63) is 94.8 Å². The molecule has 17 nitrogen and oxygen atoms in total. The number of aromatic nitrogens is 2. The predicted octanol–water partition coefficient (Wildman–Crippen LogP) is 2.59. The van der Waals surface area contributed by atoms with Crippen LogP contribution in [0.15, 0.2) is 66.9 Å². The number of carbonyl (C=O) groups is 5. The number of carbonyl (C=O) groups excluding carboxylic acids is 5. The molecule has 1 aromatic heterocycles. The first-order valence-electron chi connectivity index (χ1n) is 20.6. The van der Waals surface area contributed by atoms with Crippen LogP contribution in [0.4, 0.5) is 0 Å². The van der Waals surface area contributed by atoms with Gasteiger partial charge in [0, 0.05) is 42.9 Å². The molecule has 4 bridgehead atoms. The number of fused-ring (bicyclic) bond motifs is 5. The van der Waals surface area contributed by atoms with E-state index in [1.807, 2.05) is 30.3 Å². The second kappa shape index (κ2) is 20.8.